The summed E-state index contributed by atoms with van der Waals surface area (Å²) in [6.45, 7) is 10.8. The number of rotatable bonds is 6. The maximum absolute atomic E-state index is 12.7. The predicted molar refractivity (Wildman–Crippen MR) is 121 cm³/mol. The molecule has 3 rings (SSSR count). The number of likely N-dealkylation sites (tertiary alicyclic amines) is 1. The van der Waals surface area contributed by atoms with Crippen LogP contribution in [0.2, 0.25) is 0 Å². The Hall–Kier alpha value is -1.85. The van der Waals surface area contributed by atoms with Gasteiger partial charge < -0.3 is 10.6 Å². The molecule has 2 N–H and O–H groups in total. The first-order valence-electron chi connectivity index (χ1n) is 10.5. The fourth-order valence-corrected chi connectivity index (χ4v) is 4.18. The van der Waals surface area contributed by atoms with E-state index < -0.39 is 0 Å². The Labute approximate surface area is 181 Å². The molecule has 1 aromatic carbocycles. The molecule has 1 saturated heterocycles. The summed E-state index contributed by atoms with van der Waals surface area (Å²) in [5, 5.41) is 4.73. The van der Waals surface area contributed by atoms with E-state index in [1.165, 1.54) is 22.4 Å². The first-order valence-corrected chi connectivity index (χ1v) is 10.5. The van der Waals surface area contributed by atoms with Crippen LogP contribution in [0, 0.1) is 26.7 Å². The lowest BCUT2D eigenvalue weighted by atomic mass is 9.91. The van der Waals surface area contributed by atoms with Crippen molar-refractivity contribution < 1.29 is 4.79 Å². The number of halogens is 1. The average molecular weight is 419 g/mol. The van der Waals surface area contributed by atoms with Crippen LogP contribution in [0.15, 0.2) is 24.3 Å². The van der Waals surface area contributed by atoms with E-state index in [1.54, 1.807) is 0 Å². The zero-order valence-electron chi connectivity index (χ0n) is 18.1. The van der Waals surface area contributed by atoms with E-state index in [0.29, 0.717) is 12.3 Å². The maximum atomic E-state index is 12.7. The number of carbonyl (C=O) groups is 1. The van der Waals surface area contributed by atoms with Gasteiger partial charge in [-0.25, -0.2) is 0 Å². The number of hydrogen-bond donors (Lipinski definition) is 1. The first-order chi connectivity index (χ1) is 13.3. The minimum atomic E-state index is 0. The van der Waals surface area contributed by atoms with Gasteiger partial charge in [0.2, 0.25) is 5.91 Å². The fraction of sp³-hybridized carbons (Fsp3) is 0.565. The zero-order chi connectivity index (χ0) is 20.3. The van der Waals surface area contributed by atoms with Crippen molar-refractivity contribution in [3.8, 4) is 0 Å². The summed E-state index contributed by atoms with van der Waals surface area (Å²) >= 11 is 0. The molecule has 0 bridgehead atoms. The Balaban J connectivity index is 0.00000300. The summed E-state index contributed by atoms with van der Waals surface area (Å²) < 4.78 is 2.06. The van der Waals surface area contributed by atoms with Gasteiger partial charge in [0.25, 0.3) is 0 Å². The van der Waals surface area contributed by atoms with Gasteiger partial charge in [-0.2, -0.15) is 5.10 Å². The van der Waals surface area contributed by atoms with Gasteiger partial charge >= 0.3 is 0 Å². The number of carbonyl (C=O) groups excluding carboxylic acids is 1. The van der Waals surface area contributed by atoms with Crippen molar-refractivity contribution in [1.29, 1.82) is 0 Å². The minimum Gasteiger partial charge on any atom is -0.343 e. The number of nitrogens with two attached hydrogens (primary N) is 1. The van der Waals surface area contributed by atoms with Crippen LogP contribution >= 0.6 is 12.4 Å². The lowest BCUT2D eigenvalue weighted by molar-refractivity contribution is -0.132. The lowest BCUT2D eigenvalue weighted by Gasteiger charge is -2.33. The Bertz CT molecular complexity index is 805. The summed E-state index contributed by atoms with van der Waals surface area (Å²) in [6, 6.07) is 8.80. The second-order valence-corrected chi connectivity index (χ2v) is 8.37. The molecule has 29 heavy (non-hydrogen) atoms. The number of aryl methyl sites for hydroxylation is 2. The molecule has 0 radical (unpaired) electrons. The second kappa shape index (κ2) is 10.3. The predicted octanol–water partition coefficient (Wildman–Crippen LogP) is 3.80. The van der Waals surface area contributed by atoms with Crippen LogP contribution in [-0.2, 0) is 17.8 Å². The third kappa shape index (κ3) is 5.83. The SMILES string of the molecule is Cc1ccc(Cn2nc(C)c(CCC(=O)N3CCC(C(C)N)CC3)c2C)cc1.Cl. The molecule has 1 fully saturated rings. The van der Waals surface area contributed by atoms with Crippen LogP contribution in [0.4, 0.5) is 0 Å². The normalized spacial score (nSPS) is 15.8. The standard InChI is InChI=1S/C23H34N4O.ClH/c1-16-5-7-20(8-6-16)15-27-19(4)22(18(3)25-27)9-10-23(28)26-13-11-21(12-14-26)17(2)24;/h5-8,17,21H,9-15,24H2,1-4H3;1H. The largest absolute Gasteiger partial charge is 0.343 e. The summed E-state index contributed by atoms with van der Waals surface area (Å²) in [6.07, 6.45) is 3.37. The van der Waals surface area contributed by atoms with Crippen LogP contribution < -0.4 is 5.73 Å². The van der Waals surface area contributed by atoms with Gasteiger partial charge in [-0.15, -0.1) is 12.4 Å². The zero-order valence-corrected chi connectivity index (χ0v) is 19.0. The highest BCUT2D eigenvalue weighted by Crippen LogP contribution is 2.22. The first kappa shape index (κ1) is 23.4. The number of aromatic nitrogens is 2. The van der Waals surface area contributed by atoms with Gasteiger partial charge in [-0.3, -0.25) is 9.48 Å². The fourth-order valence-electron chi connectivity index (χ4n) is 4.18. The molecule has 1 atom stereocenters. The third-order valence-corrected chi connectivity index (χ3v) is 6.21. The van der Waals surface area contributed by atoms with Crippen LogP contribution in [0.25, 0.3) is 0 Å². The molecule has 6 heteroatoms. The molecule has 2 aromatic rings. The van der Waals surface area contributed by atoms with Crippen molar-refractivity contribution in [3.63, 3.8) is 0 Å². The Morgan fingerprint density at radius 3 is 2.38 bits per heavy atom. The number of amides is 1. The summed E-state index contributed by atoms with van der Waals surface area (Å²) in [5.74, 6) is 0.807. The van der Waals surface area contributed by atoms with Gasteiger partial charge in [0.15, 0.2) is 0 Å². The molecular formula is C23H35ClN4O. The molecule has 1 aromatic heterocycles. The van der Waals surface area contributed by atoms with Crippen LogP contribution in [0.3, 0.4) is 0 Å². The van der Waals surface area contributed by atoms with Crippen molar-refractivity contribution in [2.24, 2.45) is 11.7 Å². The van der Waals surface area contributed by atoms with Crippen molar-refractivity contribution in [2.75, 3.05) is 13.1 Å². The van der Waals surface area contributed by atoms with E-state index in [0.717, 1.165) is 44.6 Å². The van der Waals surface area contributed by atoms with Crippen LogP contribution in [0.5, 0.6) is 0 Å². The van der Waals surface area contributed by atoms with E-state index in [2.05, 4.69) is 49.7 Å². The highest BCUT2D eigenvalue weighted by Gasteiger charge is 2.25. The van der Waals surface area contributed by atoms with Crippen LogP contribution in [-0.4, -0.2) is 39.7 Å². The van der Waals surface area contributed by atoms with E-state index in [4.69, 9.17) is 10.8 Å². The van der Waals surface area contributed by atoms with Crippen molar-refractivity contribution in [3.05, 3.63) is 52.3 Å². The Morgan fingerprint density at radius 2 is 1.79 bits per heavy atom. The number of benzene rings is 1. The number of nitrogens with zero attached hydrogens (tertiary/aromatic N) is 3. The molecule has 160 valence electrons. The number of hydrogen-bond acceptors (Lipinski definition) is 3. The van der Waals surface area contributed by atoms with E-state index >= 15 is 0 Å². The van der Waals surface area contributed by atoms with Crippen LogP contribution in [0.1, 0.15) is 54.3 Å². The molecule has 1 amide bonds. The molecule has 1 unspecified atom stereocenters. The summed E-state index contributed by atoms with van der Waals surface area (Å²) in [5.41, 5.74) is 11.9. The monoisotopic (exact) mass is 418 g/mol. The smallest absolute Gasteiger partial charge is 0.222 e. The second-order valence-electron chi connectivity index (χ2n) is 8.37. The van der Waals surface area contributed by atoms with Gasteiger partial charge in [0.05, 0.1) is 12.2 Å². The van der Waals surface area contributed by atoms with Crippen molar-refractivity contribution >= 4 is 18.3 Å². The lowest BCUT2D eigenvalue weighted by Crippen LogP contribution is -2.42. The topological polar surface area (TPSA) is 64.2 Å². The highest BCUT2D eigenvalue weighted by atomic mass is 35.5. The van der Waals surface area contributed by atoms with E-state index in [9.17, 15) is 4.79 Å². The Morgan fingerprint density at radius 1 is 1.17 bits per heavy atom. The van der Waals surface area contributed by atoms with Gasteiger partial charge in [0.1, 0.15) is 0 Å². The summed E-state index contributed by atoms with van der Waals surface area (Å²) in [7, 11) is 0. The quantitative estimate of drug-likeness (QED) is 0.775. The van der Waals surface area contributed by atoms with E-state index in [1.807, 2.05) is 11.8 Å². The van der Waals surface area contributed by atoms with E-state index in [-0.39, 0.29) is 24.4 Å². The molecule has 0 aliphatic carbocycles. The average Bonchev–Trinajstić information content (AvgIpc) is 2.94. The molecule has 5 nitrogen and oxygen atoms in total. The minimum absolute atomic E-state index is 0. The maximum Gasteiger partial charge on any atom is 0.222 e. The highest BCUT2D eigenvalue weighted by molar-refractivity contribution is 5.85. The molecule has 0 spiro atoms. The molecular weight excluding hydrogens is 384 g/mol. The molecule has 0 saturated carbocycles. The number of piperidine rings is 1. The molecule has 1 aliphatic heterocycles. The molecule has 2 heterocycles. The summed E-state index contributed by atoms with van der Waals surface area (Å²) in [4.78, 5) is 14.7. The van der Waals surface area contributed by atoms with Crippen molar-refractivity contribution in [2.45, 2.75) is 66.0 Å². The van der Waals surface area contributed by atoms with Crippen molar-refractivity contribution in [1.82, 2.24) is 14.7 Å². The van der Waals surface area contributed by atoms with Gasteiger partial charge in [-0.05, 0) is 64.0 Å². The third-order valence-electron chi connectivity index (χ3n) is 6.21. The Kier molecular flexibility index (Phi) is 8.29. The molecule has 1 aliphatic rings. The van der Waals surface area contributed by atoms with Gasteiger partial charge in [0, 0.05) is 31.2 Å². The van der Waals surface area contributed by atoms with Gasteiger partial charge in [-0.1, -0.05) is 29.8 Å².